The highest BCUT2D eigenvalue weighted by Crippen LogP contribution is 1.79. The van der Waals surface area contributed by atoms with Crippen LogP contribution in [0, 0.1) is 0 Å². The Hall–Kier alpha value is -1.26. The average Bonchev–Trinajstić information content (AvgIpc) is 2.53. The van der Waals surface area contributed by atoms with E-state index in [0.29, 0.717) is 13.1 Å². The number of hydrogen-bond acceptors (Lipinski definition) is 4. The molecule has 0 radical (unpaired) electrons. The number of nitrogens with zero attached hydrogens (tertiary/aromatic N) is 1. The zero-order valence-corrected chi connectivity index (χ0v) is 7.18. The normalized spacial score (nSPS) is 14.9. The number of amides is 1. The molecule has 68 valence electrons. The van der Waals surface area contributed by atoms with E-state index >= 15 is 0 Å². The number of nitrogens with one attached hydrogen (secondary N) is 3. The van der Waals surface area contributed by atoms with Crippen LogP contribution in [0.4, 0.5) is 0 Å². The van der Waals surface area contributed by atoms with Gasteiger partial charge in [0, 0.05) is 13.1 Å². The van der Waals surface area contributed by atoms with Crippen LogP contribution < -0.4 is 16.0 Å². The van der Waals surface area contributed by atoms with Crippen LogP contribution in [0.15, 0.2) is 4.99 Å². The van der Waals surface area contributed by atoms with Gasteiger partial charge in [-0.2, -0.15) is 0 Å². The molecule has 0 bridgehead atoms. The van der Waals surface area contributed by atoms with Gasteiger partial charge in [0.2, 0.25) is 5.91 Å². The van der Waals surface area contributed by atoms with E-state index in [0.717, 1.165) is 19.0 Å². The summed E-state index contributed by atoms with van der Waals surface area (Å²) in [5.74, 6) is 0.718. The summed E-state index contributed by atoms with van der Waals surface area (Å²) in [6, 6.07) is 0. The molecule has 1 heterocycles. The minimum atomic E-state index is -0.00565. The van der Waals surface area contributed by atoms with Crippen LogP contribution in [0.2, 0.25) is 0 Å². The number of carbonyl (C=O) groups excluding carboxylic acids is 1. The molecule has 5 nitrogen and oxygen atoms in total. The molecule has 1 rings (SSSR count). The molecule has 3 N–H and O–H groups in total. The van der Waals surface area contributed by atoms with Crippen molar-refractivity contribution in [3.05, 3.63) is 0 Å². The maximum atomic E-state index is 10.9. The Morgan fingerprint density at radius 2 is 2.58 bits per heavy atom. The highest BCUT2D eigenvalue weighted by atomic mass is 16.1. The van der Waals surface area contributed by atoms with E-state index in [1.807, 2.05) is 6.92 Å². The van der Waals surface area contributed by atoms with Crippen molar-refractivity contribution in [1.29, 1.82) is 0 Å². The first-order valence-electron chi connectivity index (χ1n) is 4.12. The van der Waals surface area contributed by atoms with E-state index in [2.05, 4.69) is 20.9 Å². The van der Waals surface area contributed by atoms with Gasteiger partial charge in [-0.05, 0) is 6.92 Å². The number of likely N-dealkylation sites (N-methyl/N-ethyl adjacent to an activating group) is 1. The second-order valence-corrected chi connectivity index (χ2v) is 2.46. The Kier molecular flexibility index (Phi) is 3.37. The standard InChI is InChI=1S/C7H14N4O/c1-2-8-6(12)5-11-7-9-3-4-10-7/h2-5H2,1H3,(H,8,12)(H2,9,10,11). The Morgan fingerprint density at radius 1 is 1.75 bits per heavy atom. The molecular weight excluding hydrogens is 156 g/mol. The van der Waals surface area contributed by atoms with Crippen molar-refractivity contribution in [2.45, 2.75) is 6.92 Å². The topological polar surface area (TPSA) is 65.5 Å². The summed E-state index contributed by atoms with van der Waals surface area (Å²) in [4.78, 5) is 15.0. The van der Waals surface area contributed by atoms with Crippen molar-refractivity contribution in [1.82, 2.24) is 16.0 Å². The van der Waals surface area contributed by atoms with E-state index in [9.17, 15) is 4.79 Å². The lowest BCUT2D eigenvalue weighted by Gasteiger charge is -2.05. The molecule has 0 spiro atoms. The molecule has 12 heavy (non-hydrogen) atoms. The van der Waals surface area contributed by atoms with Crippen LogP contribution >= 0.6 is 0 Å². The summed E-state index contributed by atoms with van der Waals surface area (Å²) in [6.45, 7) is 4.50. The third kappa shape index (κ3) is 2.77. The second-order valence-electron chi connectivity index (χ2n) is 2.46. The maximum absolute atomic E-state index is 10.9. The van der Waals surface area contributed by atoms with Crippen molar-refractivity contribution >= 4 is 11.9 Å². The zero-order valence-electron chi connectivity index (χ0n) is 7.18. The van der Waals surface area contributed by atoms with E-state index in [4.69, 9.17) is 0 Å². The van der Waals surface area contributed by atoms with E-state index < -0.39 is 0 Å². The largest absolute Gasteiger partial charge is 0.355 e. The predicted molar refractivity (Wildman–Crippen MR) is 47.0 cm³/mol. The molecule has 0 aromatic rings. The van der Waals surface area contributed by atoms with E-state index in [-0.39, 0.29) is 5.91 Å². The van der Waals surface area contributed by atoms with Crippen LogP contribution in [0.1, 0.15) is 6.92 Å². The van der Waals surface area contributed by atoms with Crippen LogP contribution in [-0.2, 0) is 4.79 Å². The number of hydrogen-bond donors (Lipinski definition) is 3. The number of carbonyl (C=O) groups is 1. The van der Waals surface area contributed by atoms with Crippen molar-refractivity contribution < 1.29 is 4.79 Å². The Morgan fingerprint density at radius 3 is 3.17 bits per heavy atom. The summed E-state index contributed by atoms with van der Waals surface area (Å²) in [7, 11) is 0. The third-order valence-electron chi connectivity index (χ3n) is 1.46. The molecular formula is C7H14N4O. The molecule has 0 aliphatic carbocycles. The highest BCUT2D eigenvalue weighted by Gasteiger charge is 2.05. The lowest BCUT2D eigenvalue weighted by atomic mass is 10.5. The fourth-order valence-electron chi connectivity index (χ4n) is 0.940. The monoisotopic (exact) mass is 170 g/mol. The van der Waals surface area contributed by atoms with Gasteiger partial charge in [0.15, 0.2) is 5.96 Å². The molecule has 0 saturated heterocycles. The molecule has 0 aromatic carbocycles. The maximum Gasteiger partial charge on any atom is 0.239 e. The number of rotatable bonds is 3. The lowest BCUT2D eigenvalue weighted by molar-refractivity contribution is -0.119. The molecule has 0 aromatic heterocycles. The van der Waals surface area contributed by atoms with E-state index in [1.54, 1.807) is 0 Å². The summed E-state index contributed by atoms with van der Waals surface area (Å²) in [6.07, 6.45) is 0. The quantitative estimate of drug-likeness (QED) is 0.492. The Labute approximate surface area is 71.6 Å². The van der Waals surface area contributed by atoms with Gasteiger partial charge in [0.05, 0.1) is 13.1 Å². The van der Waals surface area contributed by atoms with Crippen LogP contribution in [-0.4, -0.2) is 38.0 Å². The van der Waals surface area contributed by atoms with Crippen molar-refractivity contribution in [3.63, 3.8) is 0 Å². The summed E-state index contributed by atoms with van der Waals surface area (Å²) < 4.78 is 0. The molecule has 5 heteroatoms. The SMILES string of the molecule is CCNC(=O)CNC1=NCCN1. The van der Waals surface area contributed by atoms with Gasteiger partial charge < -0.3 is 16.0 Å². The molecule has 0 atom stereocenters. The van der Waals surface area contributed by atoms with Gasteiger partial charge in [-0.3, -0.25) is 9.79 Å². The van der Waals surface area contributed by atoms with Gasteiger partial charge in [0.25, 0.3) is 0 Å². The fraction of sp³-hybridized carbons (Fsp3) is 0.714. The molecule has 1 aliphatic heterocycles. The van der Waals surface area contributed by atoms with Gasteiger partial charge in [-0.1, -0.05) is 0 Å². The van der Waals surface area contributed by atoms with Gasteiger partial charge in [-0.25, -0.2) is 0 Å². The number of aliphatic imine (C=N–C) groups is 1. The summed E-state index contributed by atoms with van der Waals surface area (Å²) in [5.41, 5.74) is 0. The van der Waals surface area contributed by atoms with Crippen molar-refractivity contribution in [2.75, 3.05) is 26.2 Å². The minimum absolute atomic E-state index is 0.00565. The van der Waals surface area contributed by atoms with Crippen LogP contribution in [0.3, 0.4) is 0 Å². The van der Waals surface area contributed by atoms with Crippen LogP contribution in [0.5, 0.6) is 0 Å². The van der Waals surface area contributed by atoms with Crippen LogP contribution in [0.25, 0.3) is 0 Å². The predicted octanol–water partition coefficient (Wildman–Crippen LogP) is -1.33. The van der Waals surface area contributed by atoms with Crippen molar-refractivity contribution in [3.8, 4) is 0 Å². The Balaban J connectivity index is 2.12. The first-order chi connectivity index (χ1) is 5.83. The first kappa shape index (κ1) is 8.83. The third-order valence-corrected chi connectivity index (χ3v) is 1.46. The minimum Gasteiger partial charge on any atom is -0.355 e. The zero-order chi connectivity index (χ0) is 8.81. The molecule has 1 amide bonds. The molecule has 0 fully saturated rings. The van der Waals surface area contributed by atoms with E-state index in [1.165, 1.54) is 0 Å². The summed E-state index contributed by atoms with van der Waals surface area (Å²) >= 11 is 0. The Bertz CT molecular complexity index is 190. The first-order valence-corrected chi connectivity index (χ1v) is 4.12. The molecule has 0 saturated carbocycles. The second kappa shape index (κ2) is 4.58. The van der Waals surface area contributed by atoms with Gasteiger partial charge in [-0.15, -0.1) is 0 Å². The van der Waals surface area contributed by atoms with Crippen molar-refractivity contribution in [2.24, 2.45) is 4.99 Å². The van der Waals surface area contributed by atoms with Gasteiger partial charge in [0.1, 0.15) is 0 Å². The smallest absolute Gasteiger partial charge is 0.239 e. The molecule has 1 aliphatic rings. The lowest BCUT2D eigenvalue weighted by Crippen LogP contribution is -2.41. The average molecular weight is 170 g/mol. The number of guanidine groups is 1. The fourth-order valence-corrected chi connectivity index (χ4v) is 0.940. The molecule has 0 unspecified atom stereocenters. The highest BCUT2D eigenvalue weighted by molar-refractivity contribution is 5.87. The van der Waals surface area contributed by atoms with Gasteiger partial charge >= 0.3 is 0 Å². The summed E-state index contributed by atoms with van der Waals surface area (Å²) in [5, 5.41) is 8.59.